The molecule has 0 saturated carbocycles. The summed E-state index contributed by atoms with van der Waals surface area (Å²) in [5.41, 5.74) is -1.12. The highest BCUT2D eigenvalue weighted by Crippen LogP contribution is 2.16. The molecule has 1 aromatic heterocycles. The van der Waals surface area contributed by atoms with E-state index < -0.39 is 17.5 Å². The zero-order valence-corrected chi connectivity index (χ0v) is 7.98. The molecular weight excluding hydrogens is 215 g/mol. The van der Waals surface area contributed by atoms with Crippen molar-refractivity contribution < 1.29 is 14.3 Å². The molecule has 0 spiro atoms. The summed E-state index contributed by atoms with van der Waals surface area (Å²) in [4.78, 5) is 24.5. The minimum Gasteiger partial charge on any atom is -0.478 e. The third kappa shape index (κ3) is 1.50. The first-order valence-corrected chi connectivity index (χ1v) is 4.39. The third-order valence-electron chi connectivity index (χ3n) is 2.11. The van der Waals surface area contributed by atoms with Gasteiger partial charge in [0.05, 0.1) is 5.56 Å². The molecule has 6 heteroatoms. The molecule has 82 valence electrons. The predicted molar refractivity (Wildman–Crippen MR) is 53.3 cm³/mol. The lowest BCUT2D eigenvalue weighted by Gasteiger charge is -2.06. The van der Waals surface area contributed by atoms with Crippen LogP contribution in [0.2, 0.25) is 0 Å². The monoisotopic (exact) mass is 222 g/mol. The van der Waals surface area contributed by atoms with Crippen molar-refractivity contribution in [3.05, 3.63) is 52.5 Å². The minimum atomic E-state index is -1.29. The summed E-state index contributed by atoms with van der Waals surface area (Å²) in [7, 11) is 0. The number of nitrogens with zero attached hydrogens (tertiary/aromatic N) is 1. The van der Waals surface area contributed by atoms with Crippen molar-refractivity contribution >= 4 is 5.97 Å². The van der Waals surface area contributed by atoms with E-state index in [9.17, 15) is 14.0 Å². The van der Waals surface area contributed by atoms with Gasteiger partial charge in [-0.25, -0.2) is 14.0 Å². The van der Waals surface area contributed by atoms with Gasteiger partial charge in [-0.2, -0.15) is 0 Å². The van der Waals surface area contributed by atoms with Crippen LogP contribution < -0.4 is 5.69 Å². The number of H-pyrrole nitrogens is 1. The number of aromatic nitrogens is 2. The molecule has 2 rings (SSSR count). The Bertz CT molecular complexity index is 600. The first-order chi connectivity index (χ1) is 7.61. The third-order valence-corrected chi connectivity index (χ3v) is 2.11. The summed E-state index contributed by atoms with van der Waals surface area (Å²) in [6.45, 7) is 0. The molecule has 1 heterocycles. The van der Waals surface area contributed by atoms with Crippen LogP contribution in [0.25, 0.3) is 5.69 Å². The quantitative estimate of drug-likeness (QED) is 0.796. The van der Waals surface area contributed by atoms with Crippen LogP contribution in [0.5, 0.6) is 0 Å². The molecule has 0 aliphatic carbocycles. The van der Waals surface area contributed by atoms with E-state index in [1.807, 2.05) is 0 Å². The lowest BCUT2D eigenvalue weighted by Crippen LogP contribution is -2.18. The molecule has 5 nitrogen and oxygen atoms in total. The Balaban J connectivity index is 2.78. The van der Waals surface area contributed by atoms with E-state index in [1.54, 1.807) is 0 Å². The fraction of sp³-hybridized carbons (Fsp3) is 0. The van der Waals surface area contributed by atoms with E-state index in [2.05, 4.69) is 4.98 Å². The normalized spacial score (nSPS) is 10.3. The maximum atomic E-state index is 13.5. The van der Waals surface area contributed by atoms with Crippen molar-refractivity contribution in [2.75, 3.05) is 0 Å². The Morgan fingerprint density at radius 3 is 2.75 bits per heavy atom. The summed E-state index contributed by atoms with van der Waals surface area (Å²) in [5.74, 6) is -2.05. The standard InChI is InChI=1S/C10H7FN2O3/c11-7-3-1-2-6(9(14)15)8(7)13-5-4-12-10(13)16/h1-5H,(H,12,16)(H,14,15). The van der Waals surface area contributed by atoms with Gasteiger partial charge in [0, 0.05) is 12.4 Å². The first kappa shape index (κ1) is 10.2. The average molecular weight is 222 g/mol. The second kappa shape index (κ2) is 3.65. The van der Waals surface area contributed by atoms with E-state index in [4.69, 9.17) is 5.11 Å². The van der Waals surface area contributed by atoms with E-state index in [0.29, 0.717) is 0 Å². The van der Waals surface area contributed by atoms with Crippen LogP contribution in [0.3, 0.4) is 0 Å². The number of hydrogen-bond donors (Lipinski definition) is 2. The van der Waals surface area contributed by atoms with Crippen LogP contribution in [0.1, 0.15) is 10.4 Å². The van der Waals surface area contributed by atoms with Gasteiger partial charge in [0.15, 0.2) is 0 Å². The molecule has 16 heavy (non-hydrogen) atoms. The topological polar surface area (TPSA) is 75.1 Å². The fourth-order valence-electron chi connectivity index (χ4n) is 1.43. The number of aromatic amines is 1. The second-order valence-corrected chi connectivity index (χ2v) is 3.08. The number of para-hydroxylation sites is 1. The van der Waals surface area contributed by atoms with Gasteiger partial charge in [0.25, 0.3) is 0 Å². The summed E-state index contributed by atoms with van der Waals surface area (Å²) < 4.78 is 14.4. The van der Waals surface area contributed by atoms with E-state index in [1.165, 1.54) is 24.5 Å². The van der Waals surface area contributed by atoms with Gasteiger partial charge < -0.3 is 10.1 Å². The van der Waals surface area contributed by atoms with E-state index in [-0.39, 0.29) is 11.3 Å². The van der Waals surface area contributed by atoms with Crippen molar-refractivity contribution in [1.82, 2.24) is 9.55 Å². The van der Waals surface area contributed by atoms with Crippen LogP contribution >= 0.6 is 0 Å². The smallest absolute Gasteiger partial charge is 0.337 e. The minimum absolute atomic E-state index is 0.262. The van der Waals surface area contributed by atoms with Crippen LogP contribution in [0.4, 0.5) is 4.39 Å². The van der Waals surface area contributed by atoms with Gasteiger partial charge in [-0.05, 0) is 12.1 Å². The molecule has 0 unspecified atom stereocenters. The van der Waals surface area contributed by atoms with Crippen molar-refractivity contribution in [2.45, 2.75) is 0 Å². The Labute approximate surface area is 88.8 Å². The molecule has 0 radical (unpaired) electrons. The van der Waals surface area contributed by atoms with Crippen molar-refractivity contribution in [2.24, 2.45) is 0 Å². The second-order valence-electron chi connectivity index (χ2n) is 3.08. The van der Waals surface area contributed by atoms with Crippen molar-refractivity contribution in [3.63, 3.8) is 0 Å². The maximum Gasteiger partial charge on any atom is 0.337 e. The van der Waals surface area contributed by atoms with E-state index >= 15 is 0 Å². The van der Waals surface area contributed by atoms with Gasteiger partial charge >= 0.3 is 11.7 Å². The Hall–Kier alpha value is -2.37. The number of carboxylic acids is 1. The zero-order chi connectivity index (χ0) is 11.7. The molecule has 0 amide bonds. The number of benzene rings is 1. The van der Waals surface area contributed by atoms with Crippen LogP contribution in [0, 0.1) is 5.82 Å². The predicted octanol–water partition coefficient (Wildman–Crippen LogP) is 1.00. The maximum absolute atomic E-state index is 13.5. The molecule has 2 aromatic rings. The Morgan fingerprint density at radius 1 is 1.44 bits per heavy atom. The zero-order valence-electron chi connectivity index (χ0n) is 7.98. The lowest BCUT2D eigenvalue weighted by molar-refractivity contribution is 0.0696. The number of carboxylic acid groups (broad SMARTS) is 1. The molecule has 0 bridgehead atoms. The van der Waals surface area contributed by atoms with Crippen molar-refractivity contribution in [3.8, 4) is 5.69 Å². The van der Waals surface area contributed by atoms with Gasteiger partial charge in [-0.15, -0.1) is 0 Å². The molecule has 0 aliphatic rings. The summed E-state index contributed by atoms with van der Waals surface area (Å²) in [6, 6.07) is 3.61. The highest BCUT2D eigenvalue weighted by molar-refractivity contribution is 5.92. The number of imidazole rings is 1. The molecular formula is C10H7FN2O3. The first-order valence-electron chi connectivity index (χ1n) is 4.39. The van der Waals surface area contributed by atoms with Gasteiger partial charge in [-0.1, -0.05) is 6.07 Å². The Morgan fingerprint density at radius 2 is 2.19 bits per heavy atom. The average Bonchev–Trinajstić information content (AvgIpc) is 2.64. The highest BCUT2D eigenvalue weighted by Gasteiger charge is 2.16. The number of hydrogen-bond acceptors (Lipinski definition) is 2. The number of carbonyl (C=O) groups is 1. The molecule has 0 fully saturated rings. The summed E-state index contributed by atoms with van der Waals surface area (Å²) in [5, 5.41) is 8.89. The van der Waals surface area contributed by atoms with Gasteiger partial charge in [0.2, 0.25) is 0 Å². The molecule has 1 aromatic carbocycles. The number of halogens is 1. The SMILES string of the molecule is O=C(O)c1cccc(F)c1-n1cc[nH]c1=O. The number of nitrogens with one attached hydrogen (secondary N) is 1. The van der Waals surface area contributed by atoms with Crippen LogP contribution in [-0.2, 0) is 0 Å². The molecule has 0 atom stereocenters. The number of rotatable bonds is 2. The fourth-order valence-corrected chi connectivity index (χ4v) is 1.43. The largest absolute Gasteiger partial charge is 0.478 e. The van der Waals surface area contributed by atoms with Crippen molar-refractivity contribution in [1.29, 1.82) is 0 Å². The highest BCUT2D eigenvalue weighted by atomic mass is 19.1. The molecule has 0 aliphatic heterocycles. The molecule has 2 N–H and O–H groups in total. The molecule has 0 saturated heterocycles. The van der Waals surface area contributed by atoms with Crippen LogP contribution in [0.15, 0.2) is 35.4 Å². The van der Waals surface area contributed by atoms with Crippen LogP contribution in [-0.4, -0.2) is 20.6 Å². The lowest BCUT2D eigenvalue weighted by atomic mass is 10.1. The summed E-state index contributed by atoms with van der Waals surface area (Å²) >= 11 is 0. The Kier molecular flexibility index (Phi) is 2.32. The number of aromatic carboxylic acids is 1. The van der Waals surface area contributed by atoms with Gasteiger partial charge in [-0.3, -0.25) is 4.57 Å². The van der Waals surface area contributed by atoms with Gasteiger partial charge in [0.1, 0.15) is 11.5 Å². The van der Waals surface area contributed by atoms with E-state index in [0.717, 1.165) is 10.6 Å². The summed E-state index contributed by atoms with van der Waals surface area (Å²) in [6.07, 6.45) is 2.58.